The molecule has 0 N–H and O–H groups in total. The van der Waals surface area contributed by atoms with Gasteiger partial charge in [-0.3, -0.25) is 0 Å². The summed E-state index contributed by atoms with van der Waals surface area (Å²) in [4.78, 5) is 0. The van der Waals surface area contributed by atoms with Gasteiger partial charge >= 0.3 is 0 Å². The third-order valence-corrected chi connectivity index (χ3v) is 3.11. The molecule has 2 atom stereocenters. The van der Waals surface area contributed by atoms with E-state index in [1.165, 1.54) is 0 Å². The fraction of sp³-hybridized carbons (Fsp3) is 0.889. The van der Waals surface area contributed by atoms with Gasteiger partial charge in [-0.25, -0.2) is 0 Å². The standard InChI is InChI=1S/C18H34O2/c1-9-19-17(7,13-15(3)4)11-12-18(8,20-10-2)14-16(5)6/h15-16H,9-10,13-14H2,1-8H3. The Labute approximate surface area is 126 Å². The molecule has 0 fully saturated rings. The summed E-state index contributed by atoms with van der Waals surface area (Å²) in [6, 6.07) is 0. The van der Waals surface area contributed by atoms with Gasteiger partial charge in [0.2, 0.25) is 0 Å². The summed E-state index contributed by atoms with van der Waals surface area (Å²) >= 11 is 0. The van der Waals surface area contributed by atoms with Crippen molar-refractivity contribution in [2.45, 2.75) is 79.4 Å². The predicted octanol–water partition coefficient (Wildman–Crippen LogP) is 4.67. The van der Waals surface area contributed by atoms with Crippen LogP contribution >= 0.6 is 0 Å². The normalized spacial score (nSPS) is 17.5. The molecule has 0 amide bonds. The lowest BCUT2D eigenvalue weighted by molar-refractivity contribution is -0.00235. The van der Waals surface area contributed by atoms with Crippen molar-refractivity contribution in [3.05, 3.63) is 0 Å². The van der Waals surface area contributed by atoms with Gasteiger partial charge in [0.15, 0.2) is 0 Å². The van der Waals surface area contributed by atoms with E-state index in [1.54, 1.807) is 0 Å². The third-order valence-electron chi connectivity index (χ3n) is 3.11. The Morgan fingerprint density at radius 3 is 1.25 bits per heavy atom. The smallest absolute Gasteiger partial charge is 0.126 e. The highest BCUT2D eigenvalue weighted by molar-refractivity contribution is 5.20. The van der Waals surface area contributed by atoms with Crippen LogP contribution in [0.3, 0.4) is 0 Å². The molecular weight excluding hydrogens is 248 g/mol. The first kappa shape index (κ1) is 19.5. The topological polar surface area (TPSA) is 18.5 Å². The molecule has 0 rings (SSSR count). The van der Waals surface area contributed by atoms with Crippen molar-refractivity contribution in [3.63, 3.8) is 0 Å². The van der Waals surface area contributed by atoms with Crippen LogP contribution in [0.2, 0.25) is 0 Å². The van der Waals surface area contributed by atoms with Crippen LogP contribution in [0.4, 0.5) is 0 Å². The molecule has 0 aliphatic carbocycles. The molecule has 0 aromatic rings. The minimum Gasteiger partial charge on any atom is -0.363 e. The van der Waals surface area contributed by atoms with Crippen molar-refractivity contribution >= 4 is 0 Å². The Kier molecular flexibility index (Phi) is 8.47. The van der Waals surface area contributed by atoms with Gasteiger partial charge in [-0.15, -0.1) is 0 Å². The van der Waals surface area contributed by atoms with E-state index >= 15 is 0 Å². The zero-order valence-corrected chi connectivity index (χ0v) is 14.8. The molecule has 0 radical (unpaired) electrons. The molecule has 0 saturated carbocycles. The SMILES string of the molecule is CCOC(C)(C#CC(C)(CC(C)C)OCC)CC(C)C. The minimum atomic E-state index is -0.377. The molecule has 118 valence electrons. The van der Waals surface area contributed by atoms with E-state index in [-0.39, 0.29) is 11.2 Å². The van der Waals surface area contributed by atoms with Crippen LogP contribution in [0.5, 0.6) is 0 Å². The summed E-state index contributed by atoms with van der Waals surface area (Å²) in [5, 5.41) is 0. The zero-order chi connectivity index (χ0) is 15.8. The predicted molar refractivity (Wildman–Crippen MR) is 86.7 cm³/mol. The number of rotatable bonds is 8. The molecule has 2 unspecified atom stereocenters. The largest absolute Gasteiger partial charge is 0.363 e. The van der Waals surface area contributed by atoms with Crippen LogP contribution in [0.1, 0.15) is 68.2 Å². The Balaban J connectivity index is 5.15. The summed E-state index contributed by atoms with van der Waals surface area (Å²) in [6.45, 7) is 18.4. The number of hydrogen-bond acceptors (Lipinski definition) is 2. The average molecular weight is 282 g/mol. The Hall–Kier alpha value is -0.520. The summed E-state index contributed by atoms with van der Waals surface area (Å²) < 4.78 is 11.8. The van der Waals surface area contributed by atoms with Crippen molar-refractivity contribution in [2.24, 2.45) is 11.8 Å². The van der Waals surface area contributed by atoms with E-state index in [0.717, 1.165) is 12.8 Å². The van der Waals surface area contributed by atoms with Gasteiger partial charge < -0.3 is 9.47 Å². The molecule has 0 heterocycles. The van der Waals surface area contributed by atoms with Crippen LogP contribution in [-0.2, 0) is 9.47 Å². The van der Waals surface area contributed by atoms with Gasteiger partial charge in [0.05, 0.1) is 0 Å². The molecule has 20 heavy (non-hydrogen) atoms. The second-order valence-corrected chi connectivity index (χ2v) is 6.77. The molecule has 2 heteroatoms. The molecule has 2 nitrogen and oxygen atoms in total. The molecular formula is C18H34O2. The van der Waals surface area contributed by atoms with Gasteiger partial charge in [0.25, 0.3) is 0 Å². The first-order chi connectivity index (χ1) is 9.16. The van der Waals surface area contributed by atoms with Gasteiger partial charge in [-0.2, -0.15) is 0 Å². The lowest BCUT2D eigenvalue weighted by Crippen LogP contribution is -2.33. The van der Waals surface area contributed by atoms with Crippen molar-refractivity contribution in [2.75, 3.05) is 13.2 Å². The second kappa shape index (κ2) is 8.70. The number of ether oxygens (including phenoxy) is 2. The van der Waals surface area contributed by atoms with Gasteiger partial charge in [0, 0.05) is 13.2 Å². The fourth-order valence-electron chi connectivity index (χ4n) is 2.75. The summed E-state index contributed by atoms with van der Waals surface area (Å²) in [6.07, 6.45) is 1.88. The fourth-order valence-corrected chi connectivity index (χ4v) is 2.75. The maximum atomic E-state index is 5.89. The van der Waals surface area contributed by atoms with Crippen molar-refractivity contribution in [3.8, 4) is 11.8 Å². The molecule has 0 aromatic carbocycles. The summed E-state index contributed by atoms with van der Waals surface area (Å²) in [5.41, 5.74) is -0.753. The Morgan fingerprint density at radius 1 is 0.750 bits per heavy atom. The van der Waals surface area contributed by atoms with E-state index in [0.29, 0.717) is 25.0 Å². The van der Waals surface area contributed by atoms with Gasteiger partial charge in [-0.05, 0) is 52.4 Å². The van der Waals surface area contributed by atoms with Crippen LogP contribution < -0.4 is 0 Å². The van der Waals surface area contributed by atoms with Crippen molar-refractivity contribution < 1.29 is 9.47 Å². The van der Waals surface area contributed by atoms with Crippen molar-refractivity contribution in [1.82, 2.24) is 0 Å². The first-order valence-electron chi connectivity index (χ1n) is 7.98. The van der Waals surface area contributed by atoms with Gasteiger partial charge in [-0.1, -0.05) is 39.5 Å². The maximum absolute atomic E-state index is 5.89. The highest BCUT2D eigenvalue weighted by Crippen LogP contribution is 2.24. The minimum absolute atomic E-state index is 0.377. The van der Waals surface area contributed by atoms with E-state index in [4.69, 9.17) is 9.47 Å². The highest BCUT2D eigenvalue weighted by atomic mass is 16.5. The van der Waals surface area contributed by atoms with Gasteiger partial charge in [0.1, 0.15) is 11.2 Å². The quantitative estimate of drug-likeness (QED) is 0.602. The van der Waals surface area contributed by atoms with Crippen LogP contribution in [0.15, 0.2) is 0 Å². The number of hydrogen-bond donors (Lipinski definition) is 0. The second-order valence-electron chi connectivity index (χ2n) is 6.77. The highest BCUT2D eigenvalue weighted by Gasteiger charge is 2.27. The Morgan fingerprint density at radius 2 is 1.05 bits per heavy atom. The summed E-state index contributed by atoms with van der Waals surface area (Å²) in [7, 11) is 0. The molecule has 0 aliphatic heterocycles. The lowest BCUT2D eigenvalue weighted by Gasteiger charge is -2.29. The lowest BCUT2D eigenvalue weighted by atomic mass is 9.90. The van der Waals surface area contributed by atoms with Crippen LogP contribution in [0.25, 0.3) is 0 Å². The average Bonchev–Trinajstić information content (AvgIpc) is 2.25. The van der Waals surface area contributed by atoms with Crippen LogP contribution in [-0.4, -0.2) is 24.4 Å². The van der Waals surface area contributed by atoms with E-state index in [2.05, 4.69) is 53.4 Å². The van der Waals surface area contributed by atoms with E-state index in [1.807, 2.05) is 13.8 Å². The monoisotopic (exact) mass is 282 g/mol. The van der Waals surface area contributed by atoms with Crippen molar-refractivity contribution in [1.29, 1.82) is 0 Å². The molecule has 0 aromatic heterocycles. The van der Waals surface area contributed by atoms with E-state index < -0.39 is 0 Å². The molecule has 0 spiro atoms. The molecule has 0 aliphatic rings. The third kappa shape index (κ3) is 7.92. The Bertz CT molecular complexity index is 294. The first-order valence-corrected chi connectivity index (χ1v) is 7.98. The zero-order valence-electron chi connectivity index (χ0n) is 14.8. The van der Waals surface area contributed by atoms with Crippen LogP contribution in [0, 0.1) is 23.7 Å². The molecule has 0 bridgehead atoms. The van der Waals surface area contributed by atoms with E-state index in [9.17, 15) is 0 Å². The molecule has 0 saturated heterocycles. The summed E-state index contributed by atoms with van der Waals surface area (Å²) in [5.74, 6) is 7.84. The maximum Gasteiger partial charge on any atom is 0.126 e.